The van der Waals surface area contributed by atoms with E-state index in [4.69, 9.17) is 4.74 Å². The van der Waals surface area contributed by atoms with Crippen molar-refractivity contribution in [3.63, 3.8) is 0 Å². The summed E-state index contributed by atoms with van der Waals surface area (Å²) in [4.78, 5) is 33.5. The molecule has 0 radical (unpaired) electrons. The molecule has 5 rings (SSSR count). The van der Waals surface area contributed by atoms with Gasteiger partial charge in [0, 0.05) is 32.0 Å². The summed E-state index contributed by atoms with van der Waals surface area (Å²) in [7, 11) is 0. The van der Waals surface area contributed by atoms with E-state index in [0.717, 1.165) is 5.52 Å². The summed E-state index contributed by atoms with van der Waals surface area (Å²) in [5, 5.41) is 10.6. The number of fused-ring (bicyclic) bond motifs is 1. The molecule has 2 aliphatic heterocycles. The molecule has 5 heterocycles. The number of morpholine rings is 1. The van der Waals surface area contributed by atoms with Crippen molar-refractivity contribution < 1.29 is 14.3 Å². The van der Waals surface area contributed by atoms with Crippen LogP contribution in [0.1, 0.15) is 27.4 Å². The monoisotopic (exact) mass is 381 g/mol. The smallest absolute Gasteiger partial charge is 0.291 e. The minimum Gasteiger partial charge on any atom is -0.377 e. The summed E-state index contributed by atoms with van der Waals surface area (Å²) in [5.74, 6) is -0.0873. The van der Waals surface area contributed by atoms with Crippen LogP contribution >= 0.6 is 0 Å². The van der Waals surface area contributed by atoms with Gasteiger partial charge >= 0.3 is 0 Å². The third-order valence-corrected chi connectivity index (χ3v) is 5.53. The average Bonchev–Trinajstić information content (AvgIpc) is 3.48. The first-order valence-electron chi connectivity index (χ1n) is 9.14. The van der Waals surface area contributed by atoms with Crippen molar-refractivity contribution in [1.82, 2.24) is 34.6 Å². The number of aromatic amines is 1. The highest BCUT2D eigenvalue weighted by Gasteiger charge is 2.49. The van der Waals surface area contributed by atoms with Gasteiger partial charge in [-0.3, -0.25) is 14.7 Å². The summed E-state index contributed by atoms with van der Waals surface area (Å²) >= 11 is 0. The number of hydrogen-bond acceptors (Lipinski definition) is 6. The van der Waals surface area contributed by atoms with E-state index in [9.17, 15) is 9.59 Å². The Bertz CT molecular complexity index is 1030. The van der Waals surface area contributed by atoms with Crippen molar-refractivity contribution >= 4 is 17.3 Å². The van der Waals surface area contributed by atoms with E-state index in [1.165, 1.54) is 6.33 Å². The lowest BCUT2D eigenvalue weighted by Crippen LogP contribution is -2.60. The summed E-state index contributed by atoms with van der Waals surface area (Å²) in [6, 6.07) is 5.57. The number of H-pyrrole nitrogens is 1. The van der Waals surface area contributed by atoms with Gasteiger partial charge in [-0.2, -0.15) is 10.2 Å². The van der Waals surface area contributed by atoms with Crippen molar-refractivity contribution in [2.45, 2.75) is 12.0 Å². The van der Waals surface area contributed by atoms with Crippen LogP contribution in [0.5, 0.6) is 0 Å². The lowest BCUT2D eigenvalue weighted by atomic mass is 9.94. The molecule has 1 N–H and O–H groups in total. The number of aromatic nitrogens is 5. The number of carbonyl (C=O) groups is 2. The number of nitrogens with one attached hydrogen (secondary N) is 1. The number of rotatable bonds is 2. The molecule has 0 aromatic carbocycles. The Morgan fingerprint density at radius 3 is 2.96 bits per heavy atom. The highest BCUT2D eigenvalue weighted by Crippen LogP contribution is 2.32. The molecular formula is C18H19N7O3. The third kappa shape index (κ3) is 2.64. The standard InChI is InChI=1S/C18H19N7O3/c26-16(13-1-2-14-3-5-21-25(14)9-13)24-7-8-28-11-18(24)4-6-23(10-18)17(27)15-19-12-20-22-15/h1-3,5,9,12H,4,6-8,10-11H2,(H,19,20,22)/t18-/m1/s1. The van der Waals surface area contributed by atoms with E-state index in [1.807, 2.05) is 23.1 Å². The normalized spacial score (nSPS) is 22.3. The fourth-order valence-electron chi connectivity index (χ4n) is 4.07. The maximum atomic E-state index is 13.3. The highest BCUT2D eigenvalue weighted by molar-refractivity contribution is 5.95. The molecular weight excluding hydrogens is 362 g/mol. The first kappa shape index (κ1) is 16.9. The number of pyridine rings is 1. The van der Waals surface area contributed by atoms with Crippen LogP contribution in [-0.4, -0.2) is 84.8 Å². The largest absolute Gasteiger partial charge is 0.377 e. The van der Waals surface area contributed by atoms with Crippen molar-refractivity contribution in [3.05, 3.63) is 48.3 Å². The van der Waals surface area contributed by atoms with Gasteiger partial charge in [-0.15, -0.1) is 0 Å². The van der Waals surface area contributed by atoms with Gasteiger partial charge in [0.2, 0.25) is 5.82 Å². The van der Waals surface area contributed by atoms with Crippen LogP contribution in [0.2, 0.25) is 0 Å². The SMILES string of the molecule is O=C(c1ncn[nH]1)N1CC[C@]2(COCCN2C(=O)c2ccc3ccnn3c2)C1. The van der Waals surface area contributed by atoms with Gasteiger partial charge in [-0.1, -0.05) is 0 Å². The van der Waals surface area contributed by atoms with Gasteiger partial charge in [0.1, 0.15) is 6.33 Å². The Kier molecular flexibility index (Phi) is 3.86. The van der Waals surface area contributed by atoms with Crippen molar-refractivity contribution in [2.24, 2.45) is 0 Å². The summed E-state index contributed by atoms with van der Waals surface area (Å²) < 4.78 is 7.40. The Morgan fingerprint density at radius 1 is 1.18 bits per heavy atom. The molecule has 2 saturated heterocycles. The van der Waals surface area contributed by atoms with Gasteiger partial charge in [0.25, 0.3) is 11.8 Å². The van der Waals surface area contributed by atoms with E-state index in [1.54, 1.807) is 21.8 Å². The highest BCUT2D eigenvalue weighted by atomic mass is 16.5. The Morgan fingerprint density at radius 2 is 2.11 bits per heavy atom. The molecule has 0 bridgehead atoms. The zero-order valence-corrected chi connectivity index (χ0v) is 15.1. The lowest BCUT2D eigenvalue weighted by Gasteiger charge is -2.44. The second-order valence-corrected chi connectivity index (χ2v) is 7.16. The molecule has 2 aliphatic rings. The number of nitrogens with zero attached hydrogens (tertiary/aromatic N) is 6. The first-order valence-corrected chi connectivity index (χ1v) is 9.14. The van der Waals surface area contributed by atoms with Gasteiger partial charge in [-0.05, 0) is 24.6 Å². The second kappa shape index (κ2) is 6.41. The molecule has 1 spiro atoms. The Balaban J connectivity index is 1.41. The lowest BCUT2D eigenvalue weighted by molar-refractivity contribution is -0.0476. The van der Waals surface area contributed by atoms with E-state index in [-0.39, 0.29) is 17.6 Å². The van der Waals surface area contributed by atoms with E-state index < -0.39 is 5.54 Å². The Hall–Kier alpha value is -3.27. The minimum absolute atomic E-state index is 0.0744. The van der Waals surface area contributed by atoms with E-state index in [2.05, 4.69) is 20.3 Å². The molecule has 2 amide bonds. The molecule has 3 aromatic rings. The fraction of sp³-hybridized carbons (Fsp3) is 0.389. The van der Waals surface area contributed by atoms with Crippen LogP contribution in [0.4, 0.5) is 0 Å². The predicted molar refractivity (Wildman–Crippen MR) is 96.7 cm³/mol. The molecule has 0 aliphatic carbocycles. The van der Waals surface area contributed by atoms with Crippen LogP contribution in [0.15, 0.2) is 36.9 Å². The van der Waals surface area contributed by atoms with E-state index >= 15 is 0 Å². The van der Waals surface area contributed by atoms with Crippen molar-refractivity contribution in [1.29, 1.82) is 0 Å². The van der Waals surface area contributed by atoms with Crippen LogP contribution in [0, 0.1) is 0 Å². The van der Waals surface area contributed by atoms with Gasteiger partial charge in [0.05, 0.1) is 29.8 Å². The molecule has 10 nitrogen and oxygen atoms in total. The quantitative estimate of drug-likeness (QED) is 0.680. The summed E-state index contributed by atoms with van der Waals surface area (Å²) in [6.07, 6.45) is 5.41. The maximum absolute atomic E-state index is 13.3. The Labute approximate surface area is 160 Å². The number of likely N-dealkylation sites (tertiary alicyclic amines) is 1. The molecule has 144 valence electrons. The van der Waals surface area contributed by atoms with E-state index in [0.29, 0.717) is 44.8 Å². The summed E-state index contributed by atoms with van der Waals surface area (Å²) in [5.41, 5.74) is 0.958. The minimum atomic E-state index is -0.538. The number of hydrogen-bond donors (Lipinski definition) is 1. The van der Waals surface area contributed by atoms with Crippen LogP contribution in [-0.2, 0) is 4.74 Å². The number of amides is 2. The van der Waals surface area contributed by atoms with Gasteiger partial charge in [-0.25, -0.2) is 9.50 Å². The topological polar surface area (TPSA) is 109 Å². The van der Waals surface area contributed by atoms with Crippen LogP contribution < -0.4 is 0 Å². The van der Waals surface area contributed by atoms with Gasteiger partial charge in [0.15, 0.2) is 0 Å². The zero-order chi connectivity index (χ0) is 19.1. The molecule has 2 fully saturated rings. The molecule has 1 atom stereocenters. The van der Waals surface area contributed by atoms with Crippen LogP contribution in [0.3, 0.4) is 0 Å². The van der Waals surface area contributed by atoms with Gasteiger partial charge < -0.3 is 14.5 Å². The predicted octanol–water partition coefficient (Wildman–Crippen LogP) is 0.210. The van der Waals surface area contributed by atoms with Crippen molar-refractivity contribution in [2.75, 3.05) is 32.8 Å². The third-order valence-electron chi connectivity index (χ3n) is 5.53. The number of carbonyl (C=O) groups excluding carboxylic acids is 2. The first-order chi connectivity index (χ1) is 13.7. The second-order valence-electron chi connectivity index (χ2n) is 7.16. The number of ether oxygens (including phenoxy) is 1. The average molecular weight is 381 g/mol. The molecule has 28 heavy (non-hydrogen) atoms. The fourth-order valence-corrected chi connectivity index (χ4v) is 4.07. The van der Waals surface area contributed by atoms with Crippen molar-refractivity contribution in [3.8, 4) is 0 Å². The maximum Gasteiger partial charge on any atom is 0.291 e. The van der Waals surface area contributed by atoms with Crippen LogP contribution in [0.25, 0.3) is 5.52 Å². The molecule has 0 unspecified atom stereocenters. The molecule has 3 aromatic heterocycles. The molecule has 0 saturated carbocycles. The zero-order valence-electron chi connectivity index (χ0n) is 15.1. The molecule has 10 heteroatoms. The summed E-state index contributed by atoms with van der Waals surface area (Å²) in [6.45, 7) is 2.31.